The number of aromatic nitrogens is 6. The standard InChI is InChI=1S/C30H29ClN6O5/c1-30(2,39)10-16-11-33-37(13-16)19-7-8-21(32-12-19)17-3-5-18(6-4-17)25-20(31)9-22-28(35-25)36-29(34-22)42-24-15-41-26-23(38)14-40-27(24)26/h3-9,11-13,23-24,26-27,38-39H,10,14-15H2,1-2H3,(H,34,35,36)/t23-,24-,26?,27?/m1/s1. The van der Waals surface area contributed by atoms with E-state index in [9.17, 15) is 10.2 Å². The Morgan fingerprint density at radius 1 is 1.05 bits per heavy atom. The van der Waals surface area contributed by atoms with Crippen LogP contribution < -0.4 is 4.74 Å². The number of ether oxygens (including phenoxy) is 3. The van der Waals surface area contributed by atoms with E-state index in [0.29, 0.717) is 40.9 Å². The number of benzene rings is 1. The van der Waals surface area contributed by atoms with Gasteiger partial charge in [0.25, 0.3) is 6.01 Å². The van der Waals surface area contributed by atoms with Crippen molar-refractivity contribution in [3.8, 4) is 34.2 Å². The normalized spacial score (nSPS) is 22.1. The fraction of sp³-hybridized carbons (Fsp3) is 0.333. The predicted octanol–water partition coefficient (Wildman–Crippen LogP) is 3.75. The lowest BCUT2D eigenvalue weighted by molar-refractivity contribution is 0.00706. The summed E-state index contributed by atoms with van der Waals surface area (Å²) in [7, 11) is 0. The van der Waals surface area contributed by atoms with Crippen molar-refractivity contribution in [2.75, 3.05) is 13.2 Å². The smallest absolute Gasteiger partial charge is 0.296 e. The van der Waals surface area contributed by atoms with E-state index < -0.39 is 11.7 Å². The van der Waals surface area contributed by atoms with E-state index in [1.54, 1.807) is 37.0 Å². The molecule has 0 spiro atoms. The van der Waals surface area contributed by atoms with Gasteiger partial charge in [-0.25, -0.2) is 9.67 Å². The van der Waals surface area contributed by atoms with Crippen molar-refractivity contribution < 1.29 is 24.4 Å². The molecule has 12 heteroatoms. The fourth-order valence-corrected chi connectivity index (χ4v) is 5.69. The van der Waals surface area contributed by atoms with Crippen LogP contribution in [0.3, 0.4) is 0 Å². The lowest BCUT2D eigenvalue weighted by Gasteiger charge is -2.15. The maximum Gasteiger partial charge on any atom is 0.296 e. The summed E-state index contributed by atoms with van der Waals surface area (Å²) in [6, 6.07) is 13.8. The number of aliphatic hydroxyl groups is 2. The Labute approximate surface area is 246 Å². The molecule has 42 heavy (non-hydrogen) atoms. The molecule has 0 saturated carbocycles. The summed E-state index contributed by atoms with van der Waals surface area (Å²) in [4.78, 5) is 16.9. The molecular formula is C30H29ClN6O5. The number of aromatic amines is 1. The average Bonchev–Trinajstić information content (AvgIpc) is 3.75. The van der Waals surface area contributed by atoms with Crippen molar-refractivity contribution >= 4 is 22.8 Å². The molecule has 2 saturated heterocycles. The van der Waals surface area contributed by atoms with Crippen LogP contribution in [0.25, 0.3) is 39.4 Å². The molecule has 216 valence electrons. The Hall–Kier alpha value is -3.87. The van der Waals surface area contributed by atoms with Crippen molar-refractivity contribution in [3.63, 3.8) is 0 Å². The Morgan fingerprint density at radius 2 is 1.83 bits per heavy atom. The van der Waals surface area contributed by atoms with Crippen LogP contribution in [0.2, 0.25) is 5.02 Å². The van der Waals surface area contributed by atoms with Gasteiger partial charge in [-0.3, -0.25) is 4.98 Å². The summed E-state index contributed by atoms with van der Waals surface area (Å²) in [6.45, 7) is 4.09. The Bertz CT molecular complexity index is 1730. The molecular weight excluding hydrogens is 560 g/mol. The second kappa shape index (κ2) is 10.4. The maximum atomic E-state index is 10.1. The lowest BCUT2D eigenvalue weighted by atomic mass is 10.0. The number of H-pyrrole nitrogens is 1. The molecule has 0 amide bonds. The molecule has 4 aromatic heterocycles. The highest BCUT2D eigenvalue weighted by atomic mass is 35.5. The maximum absolute atomic E-state index is 10.1. The molecule has 11 nitrogen and oxygen atoms in total. The zero-order valence-corrected chi connectivity index (χ0v) is 23.7. The van der Waals surface area contributed by atoms with Crippen molar-refractivity contribution in [1.82, 2.24) is 29.7 Å². The van der Waals surface area contributed by atoms with Gasteiger partial charge < -0.3 is 29.4 Å². The minimum atomic E-state index is -0.797. The zero-order chi connectivity index (χ0) is 29.0. The first kappa shape index (κ1) is 27.0. The number of nitrogens with zero attached hydrogens (tertiary/aromatic N) is 5. The molecule has 6 heterocycles. The molecule has 2 fully saturated rings. The van der Waals surface area contributed by atoms with Gasteiger partial charge in [-0.15, -0.1) is 0 Å². The van der Waals surface area contributed by atoms with E-state index in [4.69, 9.17) is 30.8 Å². The van der Waals surface area contributed by atoms with Gasteiger partial charge in [-0.2, -0.15) is 10.1 Å². The van der Waals surface area contributed by atoms with Crippen LogP contribution in [0.5, 0.6) is 6.01 Å². The highest BCUT2D eigenvalue weighted by Gasteiger charge is 2.48. The quantitative estimate of drug-likeness (QED) is 0.259. The third kappa shape index (κ3) is 5.25. The summed E-state index contributed by atoms with van der Waals surface area (Å²) in [5.41, 5.74) is 5.30. The fourth-order valence-electron chi connectivity index (χ4n) is 5.43. The summed E-state index contributed by atoms with van der Waals surface area (Å²) in [5.74, 6) is 0. The second-order valence-electron chi connectivity index (χ2n) is 11.3. The average molecular weight is 589 g/mol. The van der Waals surface area contributed by atoms with E-state index in [2.05, 4.69) is 20.1 Å². The minimum absolute atomic E-state index is 0.229. The van der Waals surface area contributed by atoms with Gasteiger partial charge in [0, 0.05) is 23.7 Å². The van der Waals surface area contributed by atoms with Gasteiger partial charge in [0.05, 0.1) is 58.8 Å². The molecule has 7 rings (SSSR count). The SMILES string of the molecule is CC(C)(O)Cc1cnn(-c2ccc(-c3ccc(-c4nc5nc(O[C@@H]6COC7C6OC[C@H]7O)[nH]c5cc4Cl)cc3)nc2)c1. The first-order valence-corrected chi connectivity index (χ1v) is 14.1. The van der Waals surface area contributed by atoms with Crippen LogP contribution in [0.1, 0.15) is 19.4 Å². The number of hydrogen-bond acceptors (Lipinski definition) is 9. The minimum Gasteiger partial charge on any atom is -0.456 e. The van der Waals surface area contributed by atoms with E-state index in [0.717, 1.165) is 28.1 Å². The van der Waals surface area contributed by atoms with Gasteiger partial charge >= 0.3 is 0 Å². The second-order valence-corrected chi connectivity index (χ2v) is 11.7. The first-order chi connectivity index (χ1) is 20.2. The number of rotatable bonds is 7. The molecule has 0 aliphatic carbocycles. The topological polar surface area (TPSA) is 140 Å². The van der Waals surface area contributed by atoms with Gasteiger partial charge in [0.15, 0.2) is 11.8 Å². The van der Waals surface area contributed by atoms with Crippen LogP contribution in [0, 0.1) is 0 Å². The molecule has 4 atom stereocenters. The molecule has 0 bridgehead atoms. The molecule has 5 aromatic rings. The van der Waals surface area contributed by atoms with Gasteiger partial charge in [-0.1, -0.05) is 35.9 Å². The van der Waals surface area contributed by atoms with E-state index >= 15 is 0 Å². The number of aliphatic hydroxyl groups excluding tert-OH is 1. The third-order valence-electron chi connectivity index (χ3n) is 7.39. The molecule has 2 aliphatic heterocycles. The third-order valence-corrected chi connectivity index (χ3v) is 7.68. The number of halogens is 1. The van der Waals surface area contributed by atoms with E-state index in [1.807, 2.05) is 42.6 Å². The number of fused-ring (bicyclic) bond motifs is 2. The van der Waals surface area contributed by atoms with Crippen molar-refractivity contribution in [2.24, 2.45) is 0 Å². The van der Waals surface area contributed by atoms with Crippen LogP contribution in [-0.2, 0) is 15.9 Å². The van der Waals surface area contributed by atoms with E-state index in [1.165, 1.54) is 0 Å². The Morgan fingerprint density at radius 3 is 2.60 bits per heavy atom. The van der Waals surface area contributed by atoms with Gasteiger partial charge in [-0.05, 0) is 37.6 Å². The monoisotopic (exact) mass is 588 g/mol. The number of nitrogens with one attached hydrogen (secondary N) is 1. The largest absolute Gasteiger partial charge is 0.456 e. The highest BCUT2D eigenvalue weighted by molar-refractivity contribution is 6.33. The zero-order valence-electron chi connectivity index (χ0n) is 22.9. The summed E-state index contributed by atoms with van der Waals surface area (Å²) >= 11 is 6.62. The summed E-state index contributed by atoms with van der Waals surface area (Å²) in [6.07, 6.45) is 4.19. The van der Waals surface area contributed by atoms with Crippen molar-refractivity contribution in [1.29, 1.82) is 0 Å². The highest BCUT2D eigenvalue weighted by Crippen LogP contribution is 2.33. The Balaban J connectivity index is 1.07. The van der Waals surface area contributed by atoms with Crippen LogP contribution in [0.4, 0.5) is 0 Å². The summed E-state index contributed by atoms with van der Waals surface area (Å²) < 4.78 is 19.0. The number of imidazole rings is 1. The molecule has 2 aliphatic rings. The van der Waals surface area contributed by atoms with Crippen LogP contribution in [0.15, 0.2) is 61.1 Å². The number of pyridine rings is 2. The van der Waals surface area contributed by atoms with E-state index in [-0.39, 0.29) is 24.9 Å². The molecule has 1 aromatic carbocycles. The molecule has 0 radical (unpaired) electrons. The van der Waals surface area contributed by atoms with Gasteiger partial charge in [0.1, 0.15) is 18.3 Å². The Kier molecular flexibility index (Phi) is 6.71. The van der Waals surface area contributed by atoms with Crippen LogP contribution >= 0.6 is 11.6 Å². The van der Waals surface area contributed by atoms with Gasteiger partial charge in [0.2, 0.25) is 0 Å². The van der Waals surface area contributed by atoms with Crippen LogP contribution in [-0.4, -0.2) is 83.2 Å². The molecule has 2 unspecified atom stereocenters. The van der Waals surface area contributed by atoms with Crippen molar-refractivity contribution in [3.05, 3.63) is 71.6 Å². The first-order valence-electron chi connectivity index (χ1n) is 13.7. The number of hydrogen-bond donors (Lipinski definition) is 3. The van der Waals surface area contributed by atoms with Crippen molar-refractivity contribution in [2.45, 2.75) is 50.3 Å². The predicted molar refractivity (Wildman–Crippen MR) is 155 cm³/mol. The summed E-state index contributed by atoms with van der Waals surface area (Å²) in [5, 5.41) is 24.9. The lowest BCUT2D eigenvalue weighted by Crippen LogP contribution is -2.34. The molecule has 3 N–H and O–H groups in total.